The SMILES string of the molecule is Cc1cc(Br)c(O)c(C(=O)OC(C)C(=O)N(C)c2ccccc2)c1. The summed E-state index contributed by atoms with van der Waals surface area (Å²) in [6.07, 6.45) is -0.985. The van der Waals surface area contributed by atoms with Crippen molar-refractivity contribution < 1.29 is 19.4 Å². The molecule has 1 N–H and O–H groups in total. The van der Waals surface area contributed by atoms with E-state index in [1.807, 2.05) is 18.2 Å². The molecule has 0 fully saturated rings. The zero-order valence-corrected chi connectivity index (χ0v) is 15.2. The van der Waals surface area contributed by atoms with Gasteiger partial charge in [0, 0.05) is 12.7 Å². The van der Waals surface area contributed by atoms with E-state index in [-0.39, 0.29) is 17.2 Å². The molecule has 0 bridgehead atoms. The first kappa shape index (κ1) is 18.0. The summed E-state index contributed by atoms with van der Waals surface area (Å²) in [6.45, 7) is 3.29. The molecule has 0 aliphatic rings. The minimum absolute atomic E-state index is 0.0175. The number of carbonyl (C=O) groups excluding carboxylic acids is 2. The van der Waals surface area contributed by atoms with Gasteiger partial charge in [-0.1, -0.05) is 18.2 Å². The largest absolute Gasteiger partial charge is 0.506 e. The van der Waals surface area contributed by atoms with Crippen molar-refractivity contribution in [3.05, 3.63) is 58.1 Å². The van der Waals surface area contributed by atoms with Gasteiger partial charge >= 0.3 is 5.97 Å². The van der Waals surface area contributed by atoms with Crippen LogP contribution in [0.25, 0.3) is 0 Å². The third kappa shape index (κ3) is 3.94. The predicted octanol–water partition coefficient (Wildman–Crippen LogP) is 3.67. The van der Waals surface area contributed by atoms with Crippen molar-refractivity contribution >= 4 is 33.5 Å². The van der Waals surface area contributed by atoms with Crippen molar-refractivity contribution in [3.63, 3.8) is 0 Å². The summed E-state index contributed by atoms with van der Waals surface area (Å²) in [4.78, 5) is 26.1. The second-order valence-corrected chi connectivity index (χ2v) is 6.28. The zero-order chi connectivity index (χ0) is 17.9. The molecule has 1 atom stereocenters. The minimum atomic E-state index is -0.985. The fourth-order valence-electron chi connectivity index (χ4n) is 2.22. The van der Waals surface area contributed by atoms with Gasteiger partial charge in [-0.3, -0.25) is 4.79 Å². The number of nitrogens with zero attached hydrogens (tertiary/aromatic N) is 1. The molecule has 0 aromatic heterocycles. The lowest BCUT2D eigenvalue weighted by atomic mass is 10.1. The monoisotopic (exact) mass is 391 g/mol. The quantitative estimate of drug-likeness (QED) is 0.807. The molecule has 6 heteroatoms. The number of hydrogen-bond donors (Lipinski definition) is 1. The summed E-state index contributed by atoms with van der Waals surface area (Å²) in [7, 11) is 1.61. The molecule has 0 saturated carbocycles. The molecule has 2 rings (SSSR count). The van der Waals surface area contributed by atoms with Crippen molar-refractivity contribution in [2.75, 3.05) is 11.9 Å². The molecule has 0 aliphatic heterocycles. The molecule has 0 aliphatic carbocycles. The average molecular weight is 392 g/mol. The molecule has 0 spiro atoms. The van der Waals surface area contributed by atoms with E-state index in [0.29, 0.717) is 10.2 Å². The van der Waals surface area contributed by atoms with Crippen molar-refractivity contribution in [2.24, 2.45) is 0 Å². The first-order valence-corrected chi connectivity index (χ1v) is 8.13. The summed E-state index contributed by atoms with van der Waals surface area (Å²) in [5.74, 6) is -1.32. The molecule has 1 amide bonds. The third-order valence-corrected chi connectivity index (χ3v) is 4.14. The number of carbonyl (C=O) groups is 2. The van der Waals surface area contributed by atoms with Crippen LogP contribution in [0, 0.1) is 6.92 Å². The molecule has 2 aromatic rings. The Morgan fingerprint density at radius 1 is 1.21 bits per heavy atom. The topological polar surface area (TPSA) is 66.8 Å². The molecular weight excluding hydrogens is 374 g/mol. The molecule has 126 valence electrons. The Kier molecular flexibility index (Phi) is 5.62. The van der Waals surface area contributed by atoms with E-state index < -0.39 is 12.1 Å². The standard InChI is InChI=1S/C18H18BrNO4/c1-11-9-14(16(21)15(19)10-11)18(23)24-12(2)17(22)20(3)13-7-5-4-6-8-13/h4-10,12,21H,1-3H3. The number of rotatable bonds is 4. The van der Waals surface area contributed by atoms with Gasteiger partial charge in [0.1, 0.15) is 11.3 Å². The smallest absolute Gasteiger partial charge is 0.342 e. The number of para-hydroxylation sites is 1. The lowest BCUT2D eigenvalue weighted by Gasteiger charge is -2.21. The van der Waals surface area contributed by atoms with Crippen molar-refractivity contribution in [1.82, 2.24) is 0 Å². The maximum Gasteiger partial charge on any atom is 0.342 e. The van der Waals surface area contributed by atoms with E-state index in [1.165, 1.54) is 17.9 Å². The van der Waals surface area contributed by atoms with Gasteiger partial charge in [-0.25, -0.2) is 4.79 Å². The molecule has 0 radical (unpaired) electrons. The highest BCUT2D eigenvalue weighted by Gasteiger charge is 2.25. The lowest BCUT2D eigenvalue weighted by molar-refractivity contribution is -0.126. The average Bonchev–Trinajstić information content (AvgIpc) is 2.57. The number of aromatic hydroxyl groups is 1. The Balaban J connectivity index is 2.13. The number of phenolic OH excluding ortho intramolecular Hbond substituents is 1. The van der Waals surface area contributed by atoms with E-state index >= 15 is 0 Å². The van der Waals surface area contributed by atoms with E-state index in [4.69, 9.17) is 4.74 Å². The number of likely N-dealkylation sites (N-methyl/N-ethyl adjacent to an activating group) is 1. The lowest BCUT2D eigenvalue weighted by Crippen LogP contribution is -2.37. The van der Waals surface area contributed by atoms with E-state index in [0.717, 1.165) is 5.56 Å². The molecular formula is C18H18BrNO4. The number of halogens is 1. The van der Waals surface area contributed by atoms with Crippen LogP contribution in [0.5, 0.6) is 5.75 Å². The second-order valence-electron chi connectivity index (χ2n) is 5.42. The van der Waals surface area contributed by atoms with Crippen molar-refractivity contribution in [3.8, 4) is 5.75 Å². The van der Waals surface area contributed by atoms with Crippen LogP contribution in [0.3, 0.4) is 0 Å². The normalized spacial score (nSPS) is 11.7. The van der Waals surface area contributed by atoms with Crippen LogP contribution in [0.15, 0.2) is 46.9 Å². The summed E-state index contributed by atoms with van der Waals surface area (Å²) in [6, 6.07) is 12.3. The fourth-order valence-corrected chi connectivity index (χ4v) is 2.79. The number of aryl methyl sites for hydroxylation is 1. The predicted molar refractivity (Wildman–Crippen MR) is 95.3 cm³/mol. The van der Waals surface area contributed by atoms with Gasteiger partial charge in [-0.15, -0.1) is 0 Å². The number of anilines is 1. The number of esters is 1. The molecule has 2 aromatic carbocycles. The number of phenols is 1. The summed E-state index contributed by atoms with van der Waals surface area (Å²) in [5, 5.41) is 9.99. The molecule has 5 nitrogen and oxygen atoms in total. The van der Waals surface area contributed by atoms with E-state index in [9.17, 15) is 14.7 Å². The molecule has 0 heterocycles. The Morgan fingerprint density at radius 3 is 2.46 bits per heavy atom. The fraction of sp³-hybridized carbons (Fsp3) is 0.222. The van der Waals surface area contributed by atoms with Crippen LogP contribution in [-0.4, -0.2) is 30.1 Å². The van der Waals surface area contributed by atoms with Gasteiger partial charge in [-0.2, -0.15) is 0 Å². The summed E-state index contributed by atoms with van der Waals surface area (Å²) < 4.78 is 5.62. The van der Waals surface area contributed by atoms with Crippen molar-refractivity contribution in [2.45, 2.75) is 20.0 Å². The Morgan fingerprint density at radius 2 is 1.83 bits per heavy atom. The van der Waals surface area contributed by atoms with Crippen LogP contribution in [0.4, 0.5) is 5.69 Å². The van der Waals surface area contributed by atoms with Gasteiger partial charge < -0.3 is 14.7 Å². The van der Waals surface area contributed by atoms with Gasteiger partial charge in [0.15, 0.2) is 6.10 Å². The minimum Gasteiger partial charge on any atom is -0.506 e. The highest BCUT2D eigenvalue weighted by Crippen LogP contribution is 2.30. The number of amides is 1. The van der Waals surface area contributed by atoms with Gasteiger partial charge in [-0.05, 0) is 59.6 Å². The first-order valence-electron chi connectivity index (χ1n) is 7.34. The number of hydrogen-bond acceptors (Lipinski definition) is 4. The Labute approximate surface area is 149 Å². The highest BCUT2D eigenvalue weighted by molar-refractivity contribution is 9.10. The maximum absolute atomic E-state index is 12.4. The third-order valence-electron chi connectivity index (χ3n) is 3.53. The summed E-state index contributed by atoms with van der Waals surface area (Å²) >= 11 is 3.18. The molecule has 1 unspecified atom stereocenters. The van der Waals surface area contributed by atoms with Gasteiger partial charge in [0.25, 0.3) is 5.91 Å². The Bertz CT molecular complexity index is 761. The zero-order valence-electron chi connectivity index (χ0n) is 13.6. The van der Waals surface area contributed by atoms with Crippen LogP contribution < -0.4 is 4.90 Å². The van der Waals surface area contributed by atoms with E-state index in [1.54, 1.807) is 32.2 Å². The first-order chi connectivity index (χ1) is 11.3. The molecule has 0 saturated heterocycles. The maximum atomic E-state index is 12.4. The van der Waals surface area contributed by atoms with Crippen LogP contribution in [0.2, 0.25) is 0 Å². The van der Waals surface area contributed by atoms with E-state index in [2.05, 4.69) is 15.9 Å². The summed E-state index contributed by atoms with van der Waals surface area (Å²) in [5.41, 5.74) is 1.50. The van der Waals surface area contributed by atoms with Crippen LogP contribution >= 0.6 is 15.9 Å². The Hall–Kier alpha value is -2.34. The van der Waals surface area contributed by atoms with Crippen molar-refractivity contribution in [1.29, 1.82) is 0 Å². The van der Waals surface area contributed by atoms with Gasteiger partial charge in [0.05, 0.1) is 4.47 Å². The van der Waals surface area contributed by atoms with Crippen LogP contribution in [-0.2, 0) is 9.53 Å². The van der Waals surface area contributed by atoms with Gasteiger partial charge in [0.2, 0.25) is 0 Å². The molecule has 24 heavy (non-hydrogen) atoms. The van der Waals surface area contributed by atoms with Crippen LogP contribution in [0.1, 0.15) is 22.8 Å². The second kappa shape index (κ2) is 7.49. The number of benzene rings is 2. The number of ether oxygens (including phenoxy) is 1. The highest BCUT2D eigenvalue weighted by atomic mass is 79.9.